The molecule has 2 atom stereocenters. The zero-order valence-corrected chi connectivity index (χ0v) is 15.5. The molecule has 2 aromatic rings. The Kier molecular flexibility index (Phi) is 6.04. The van der Waals surface area contributed by atoms with Gasteiger partial charge >= 0.3 is 5.97 Å². The predicted octanol–water partition coefficient (Wildman–Crippen LogP) is 3.97. The van der Waals surface area contributed by atoms with Gasteiger partial charge in [0.25, 0.3) is 5.91 Å². The Bertz CT molecular complexity index is 762. The highest BCUT2D eigenvalue weighted by molar-refractivity contribution is 7.10. The second kappa shape index (κ2) is 8.45. The fourth-order valence-electron chi connectivity index (χ4n) is 3.30. The number of halogens is 1. The molecule has 1 aromatic heterocycles. The van der Waals surface area contributed by atoms with Gasteiger partial charge in [0.2, 0.25) is 0 Å². The van der Waals surface area contributed by atoms with Gasteiger partial charge in [-0.15, -0.1) is 11.3 Å². The van der Waals surface area contributed by atoms with Crippen molar-refractivity contribution < 1.29 is 18.7 Å². The second-order valence-electron chi connectivity index (χ2n) is 6.60. The van der Waals surface area contributed by atoms with E-state index < -0.39 is 11.9 Å². The zero-order chi connectivity index (χ0) is 18.5. The molecule has 1 aliphatic rings. The smallest absolute Gasteiger partial charge is 0.309 e. The van der Waals surface area contributed by atoms with Gasteiger partial charge in [-0.3, -0.25) is 9.59 Å². The normalized spacial score (nSPS) is 17.9. The maximum absolute atomic E-state index is 13.2. The lowest BCUT2D eigenvalue weighted by molar-refractivity contribution is -0.155. The number of rotatable bonds is 6. The van der Waals surface area contributed by atoms with Crippen molar-refractivity contribution in [2.75, 3.05) is 13.2 Å². The lowest BCUT2D eigenvalue weighted by Crippen LogP contribution is -2.34. The molecule has 4 nitrogen and oxygen atoms in total. The molecule has 2 unspecified atom stereocenters. The Morgan fingerprint density at radius 2 is 2.19 bits per heavy atom. The van der Waals surface area contributed by atoms with Crippen LogP contribution in [0.1, 0.15) is 36.2 Å². The SMILES string of the molecule is CC(Cc1cccc(F)c1)C(=O)OCC(=O)N1CCCC1c1cccs1. The van der Waals surface area contributed by atoms with Gasteiger partial charge in [-0.25, -0.2) is 4.39 Å². The van der Waals surface area contributed by atoms with Crippen LogP contribution in [0.15, 0.2) is 41.8 Å². The van der Waals surface area contributed by atoms with Crippen molar-refractivity contribution in [3.8, 4) is 0 Å². The van der Waals surface area contributed by atoms with E-state index in [1.165, 1.54) is 17.0 Å². The Balaban J connectivity index is 1.51. The topological polar surface area (TPSA) is 46.6 Å². The molecule has 3 rings (SSSR count). The van der Waals surface area contributed by atoms with Crippen LogP contribution >= 0.6 is 11.3 Å². The number of likely N-dealkylation sites (tertiary alicyclic amines) is 1. The van der Waals surface area contributed by atoms with Gasteiger partial charge in [0.1, 0.15) is 5.82 Å². The first-order valence-corrected chi connectivity index (χ1v) is 9.66. The van der Waals surface area contributed by atoms with Crippen LogP contribution in [0.25, 0.3) is 0 Å². The average molecular weight is 375 g/mol. The lowest BCUT2D eigenvalue weighted by Gasteiger charge is -2.24. The Hall–Kier alpha value is -2.21. The summed E-state index contributed by atoms with van der Waals surface area (Å²) in [6.45, 7) is 2.17. The van der Waals surface area contributed by atoms with E-state index in [0.717, 1.165) is 18.4 Å². The van der Waals surface area contributed by atoms with Crippen molar-refractivity contribution in [1.29, 1.82) is 0 Å². The number of thiophene rings is 1. The first-order chi connectivity index (χ1) is 12.5. The summed E-state index contributed by atoms with van der Waals surface area (Å²) in [5.74, 6) is -1.36. The van der Waals surface area contributed by atoms with Gasteiger partial charge in [0.05, 0.1) is 12.0 Å². The molecular formula is C20H22FNO3S. The van der Waals surface area contributed by atoms with E-state index in [-0.39, 0.29) is 24.4 Å². The highest BCUT2D eigenvalue weighted by Crippen LogP contribution is 2.34. The first kappa shape index (κ1) is 18.6. The molecule has 0 bridgehead atoms. The number of ether oxygens (including phenoxy) is 1. The summed E-state index contributed by atoms with van der Waals surface area (Å²) >= 11 is 1.64. The summed E-state index contributed by atoms with van der Waals surface area (Å²) in [5.41, 5.74) is 0.734. The van der Waals surface area contributed by atoms with Crippen molar-refractivity contribution in [3.63, 3.8) is 0 Å². The molecule has 0 spiro atoms. The van der Waals surface area contributed by atoms with Crippen molar-refractivity contribution in [3.05, 3.63) is 58.0 Å². The monoisotopic (exact) mass is 375 g/mol. The number of carbonyl (C=O) groups is 2. The number of carbonyl (C=O) groups excluding carboxylic acids is 2. The van der Waals surface area contributed by atoms with E-state index in [0.29, 0.717) is 13.0 Å². The number of hydrogen-bond donors (Lipinski definition) is 0. The molecule has 1 amide bonds. The van der Waals surface area contributed by atoms with E-state index in [1.54, 1.807) is 35.3 Å². The molecule has 1 aromatic carbocycles. The summed E-state index contributed by atoms with van der Waals surface area (Å²) in [4.78, 5) is 27.6. The van der Waals surface area contributed by atoms with Crippen LogP contribution in [-0.2, 0) is 20.7 Å². The van der Waals surface area contributed by atoms with E-state index in [1.807, 2.05) is 17.5 Å². The molecule has 6 heteroatoms. The third-order valence-corrected chi connectivity index (χ3v) is 5.59. The van der Waals surface area contributed by atoms with Crippen molar-refractivity contribution in [2.24, 2.45) is 5.92 Å². The highest BCUT2D eigenvalue weighted by atomic mass is 32.1. The molecule has 138 valence electrons. The van der Waals surface area contributed by atoms with Crippen molar-refractivity contribution in [2.45, 2.75) is 32.2 Å². The molecule has 1 aliphatic heterocycles. The van der Waals surface area contributed by atoms with Crippen LogP contribution in [0.4, 0.5) is 4.39 Å². The zero-order valence-electron chi connectivity index (χ0n) is 14.7. The minimum Gasteiger partial charge on any atom is -0.455 e. The minimum atomic E-state index is -0.436. The van der Waals surface area contributed by atoms with Crippen molar-refractivity contribution >= 4 is 23.2 Å². The summed E-state index contributed by atoms with van der Waals surface area (Å²) in [5, 5.41) is 2.00. The molecule has 1 fully saturated rings. The Morgan fingerprint density at radius 1 is 1.35 bits per heavy atom. The quantitative estimate of drug-likeness (QED) is 0.718. The van der Waals surface area contributed by atoms with Gasteiger partial charge in [0, 0.05) is 11.4 Å². The summed E-state index contributed by atoms with van der Waals surface area (Å²) < 4.78 is 18.5. The van der Waals surface area contributed by atoms with Crippen LogP contribution < -0.4 is 0 Å². The van der Waals surface area contributed by atoms with Crippen LogP contribution in [0, 0.1) is 11.7 Å². The van der Waals surface area contributed by atoms with Gasteiger partial charge < -0.3 is 9.64 Å². The van der Waals surface area contributed by atoms with Crippen LogP contribution in [-0.4, -0.2) is 29.9 Å². The van der Waals surface area contributed by atoms with Crippen LogP contribution in [0.2, 0.25) is 0 Å². The largest absolute Gasteiger partial charge is 0.455 e. The minimum absolute atomic E-state index is 0.0888. The molecule has 0 radical (unpaired) electrons. The fourth-order valence-corrected chi connectivity index (χ4v) is 4.17. The van der Waals surface area contributed by atoms with Gasteiger partial charge in [-0.1, -0.05) is 25.1 Å². The number of esters is 1. The fraction of sp³-hybridized carbons (Fsp3) is 0.400. The van der Waals surface area contributed by atoms with Gasteiger partial charge in [0.15, 0.2) is 6.61 Å². The predicted molar refractivity (Wildman–Crippen MR) is 98.2 cm³/mol. The molecule has 2 heterocycles. The molecule has 1 saturated heterocycles. The third-order valence-electron chi connectivity index (χ3n) is 4.62. The number of benzene rings is 1. The summed E-state index contributed by atoms with van der Waals surface area (Å²) in [6.07, 6.45) is 2.28. The van der Waals surface area contributed by atoms with E-state index in [2.05, 4.69) is 0 Å². The lowest BCUT2D eigenvalue weighted by atomic mass is 10.0. The maximum Gasteiger partial charge on any atom is 0.309 e. The number of hydrogen-bond acceptors (Lipinski definition) is 4. The maximum atomic E-state index is 13.2. The van der Waals surface area contributed by atoms with E-state index in [4.69, 9.17) is 4.74 Å². The molecule has 26 heavy (non-hydrogen) atoms. The Morgan fingerprint density at radius 3 is 2.92 bits per heavy atom. The number of nitrogens with zero attached hydrogens (tertiary/aromatic N) is 1. The first-order valence-electron chi connectivity index (χ1n) is 8.78. The number of amides is 1. The van der Waals surface area contributed by atoms with E-state index >= 15 is 0 Å². The molecular weight excluding hydrogens is 353 g/mol. The van der Waals surface area contributed by atoms with E-state index in [9.17, 15) is 14.0 Å². The highest BCUT2D eigenvalue weighted by Gasteiger charge is 2.31. The molecule has 0 saturated carbocycles. The van der Waals surface area contributed by atoms with Crippen LogP contribution in [0.5, 0.6) is 0 Å². The summed E-state index contributed by atoms with van der Waals surface area (Å²) in [7, 11) is 0. The third kappa shape index (κ3) is 4.49. The van der Waals surface area contributed by atoms with Gasteiger partial charge in [-0.05, 0) is 48.4 Å². The standard InChI is InChI=1S/C20H22FNO3S/c1-14(11-15-5-2-6-16(21)12-15)20(24)25-13-19(23)22-9-3-7-17(22)18-8-4-10-26-18/h2,4-6,8,10,12,14,17H,3,7,9,11,13H2,1H3. The van der Waals surface area contributed by atoms with Gasteiger partial charge in [-0.2, -0.15) is 0 Å². The van der Waals surface area contributed by atoms with Crippen molar-refractivity contribution in [1.82, 2.24) is 4.90 Å². The molecule has 0 N–H and O–H groups in total. The summed E-state index contributed by atoms with van der Waals surface area (Å²) in [6, 6.07) is 10.3. The molecule has 0 aliphatic carbocycles. The average Bonchev–Trinajstić information content (AvgIpc) is 3.30. The second-order valence-corrected chi connectivity index (χ2v) is 7.58. The van der Waals surface area contributed by atoms with Crippen LogP contribution in [0.3, 0.4) is 0 Å². The Labute approximate surface area is 156 Å².